The Labute approximate surface area is 124 Å². The van der Waals surface area contributed by atoms with Crippen molar-refractivity contribution in [2.45, 2.75) is 13.1 Å². The Kier molecular flexibility index (Phi) is 6.25. The van der Waals surface area contributed by atoms with E-state index in [1.165, 1.54) is 6.92 Å². The normalized spacial score (nSPS) is 10.2. The van der Waals surface area contributed by atoms with Crippen molar-refractivity contribution in [3.63, 3.8) is 0 Å². The van der Waals surface area contributed by atoms with Gasteiger partial charge in [0.05, 0.1) is 6.54 Å². The van der Waals surface area contributed by atoms with Gasteiger partial charge >= 0.3 is 12.1 Å². The van der Waals surface area contributed by atoms with Crippen LogP contribution >= 0.6 is 0 Å². The average Bonchev–Trinajstić information content (AvgIpc) is 2.41. The maximum absolute atomic E-state index is 11.9. The maximum Gasteiger partial charge on any atom is 0.471 e. The van der Waals surface area contributed by atoms with Crippen molar-refractivity contribution in [2.75, 3.05) is 18.5 Å². The second-order valence-electron chi connectivity index (χ2n) is 4.03. The van der Waals surface area contributed by atoms with E-state index in [9.17, 15) is 22.8 Å². The van der Waals surface area contributed by atoms with E-state index in [0.29, 0.717) is 11.4 Å². The maximum atomic E-state index is 11.9. The summed E-state index contributed by atoms with van der Waals surface area (Å²) in [4.78, 5) is 21.4. The van der Waals surface area contributed by atoms with Gasteiger partial charge in [0.1, 0.15) is 12.4 Å². The van der Waals surface area contributed by atoms with Crippen LogP contribution in [0.15, 0.2) is 24.3 Å². The molecule has 0 unspecified atom stereocenters. The highest BCUT2D eigenvalue weighted by Crippen LogP contribution is 2.17. The van der Waals surface area contributed by atoms with Crippen LogP contribution in [0.5, 0.6) is 5.75 Å². The molecule has 1 aromatic carbocycles. The molecule has 1 aromatic rings. The van der Waals surface area contributed by atoms with E-state index >= 15 is 0 Å². The highest BCUT2D eigenvalue weighted by Gasteiger charge is 2.38. The Balaban J connectivity index is 2.38. The quantitative estimate of drug-likeness (QED) is 0.831. The molecule has 22 heavy (non-hydrogen) atoms. The Morgan fingerprint density at radius 3 is 2.64 bits per heavy atom. The van der Waals surface area contributed by atoms with Crippen molar-refractivity contribution < 1.29 is 27.5 Å². The zero-order valence-electron chi connectivity index (χ0n) is 11.6. The molecule has 0 heterocycles. The van der Waals surface area contributed by atoms with Crippen molar-refractivity contribution in [1.82, 2.24) is 5.32 Å². The van der Waals surface area contributed by atoms with Gasteiger partial charge in [0.15, 0.2) is 0 Å². The van der Waals surface area contributed by atoms with Crippen molar-refractivity contribution >= 4 is 17.5 Å². The molecule has 0 spiro atoms. The summed E-state index contributed by atoms with van der Waals surface area (Å²) >= 11 is 0. The highest BCUT2D eigenvalue weighted by atomic mass is 19.4. The van der Waals surface area contributed by atoms with E-state index in [0.717, 1.165) is 0 Å². The molecular weight excluding hydrogens is 301 g/mol. The van der Waals surface area contributed by atoms with Crippen molar-refractivity contribution in [1.29, 1.82) is 0 Å². The molecule has 0 aliphatic carbocycles. The Morgan fingerprint density at radius 1 is 1.27 bits per heavy atom. The van der Waals surface area contributed by atoms with E-state index in [2.05, 4.69) is 17.2 Å². The summed E-state index contributed by atoms with van der Waals surface area (Å²) in [5.41, 5.74) is 0.551. The fourth-order valence-electron chi connectivity index (χ4n) is 1.32. The Hall–Kier alpha value is -2.69. The molecule has 0 saturated heterocycles. The van der Waals surface area contributed by atoms with Gasteiger partial charge in [-0.1, -0.05) is 17.9 Å². The summed E-state index contributed by atoms with van der Waals surface area (Å²) in [7, 11) is 0. The topological polar surface area (TPSA) is 67.4 Å². The van der Waals surface area contributed by atoms with Gasteiger partial charge in [-0.3, -0.25) is 9.59 Å². The molecule has 8 heteroatoms. The number of carbonyl (C=O) groups is 2. The SMILES string of the molecule is CC(=O)Nc1cccc(OCC#CCNC(=O)C(F)(F)F)c1. The minimum atomic E-state index is -4.91. The first kappa shape index (κ1) is 17.4. The number of hydrogen-bond donors (Lipinski definition) is 2. The van der Waals surface area contributed by atoms with Crippen molar-refractivity contribution in [3.05, 3.63) is 24.3 Å². The van der Waals surface area contributed by atoms with Gasteiger partial charge < -0.3 is 15.4 Å². The molecule has 0 fully saturated rings. The zero-order valence-corrected chi connectivity index (χ0v) is 11.6. The van der Waals surface area contributed by atoms with Crippen LogP contribution in [0.25, 0.3) is 0 Å². The van der Waals surface area contributed by atoms with Crippen LogP contribution in [-0.4, -0.2) is 31.1 Å². The molecule has 0 saturated carbocycles. The van der Waals surface area contributed by atoms with Crippen LogP contribution in [0.3, 0.4) is 0 Å². The number of alkyl halides is 3. The van der Waals surface area contributed by atoms with E-state index in [4.69, 9.17) is 4.74 Å². The lowest BCUT2D eigenvalue weighted by molar-refractivity contribution is -0.173. The van der Waals surface area contributed by atoms with Gasteiger partial charge in [-0.05, 0) is 12.1 Å². The van der Waals surface area contributed by atoms with Crippen LogP contribution in [0.4, 0.5) is 18.9 Å². The summed E-state index contributed by atoms with van der Waals surface area (Å²) in [6.45, 7) is 0.882. The highest BCUT2D eigenvalue weighted by molar-refractivity contribution is 5.88. The molecule has 2 N–H and O–H groups in total. The molecule has 5 nitrogen and oxygen atoms in total. The van der Waals surface area contributed by atoms with Gasteiger partial charge in [-0.2, -0.15) is 13.2 Å². The van der Waals surface area contributed by atoms with Crippen LogP contribution in [-0.2, 0) is 9.59 Å². The number of benzene rings is 1. The first-order valence-electron chi connectivity index (χ1n) is 6.10. The van der Waals surface area contributed by atoms with Crippen molar-refractivity contribution in [2.24, 2.45) is 0 Å². The van der Waals surface area contributed by atoms with Gasteiger partial charge in [-0.25, -0.2) is 0 Å². The Bertz CT molecular complexity index is 603. The van der Waals surface area contributed by atoms with Gasteiger partial charge in [0, 0.05) is 18.7 Å². The standard InChI is InChI=1S/C14H13F3N2O3/c1-10(20)19-11-5-4-6-12(9-11)22-8-3-2-7-18-13(21)14(15,16)17/h4-6,9H,7-8H2,1H3,(H,18,21)(H,19,20). The van der Waals surface area contributed by atoms with E-state index in [1.807, 2.05) is 0 Å². The molecule has 1 rings (SSSR count). The third-order valence-electron chi connectivity index (χ3n) is 2.19. The molecule has 0 atom stereocenters. The van der Waals surface area contributed by atoms with Gasteiger partial charge in [0.25, 0.3) is 0 Å². The number of hydrogen-bond acceptors (Lipinski definition) is 3. The van der Waals surface area contributed by atoms with E-state index < -0.39 is 18.6 Å². The van der Waals surface area contributed by atoms with E-state index in [1.54, 1.807) is 29.6 Å². The molecule has 0 aliphatic heterocycles. The zero-order chi connectivity index (χ0) is 16.6. The van der Waals surface area contributed by atoms with E-state index in [-0.39, 0.29) is 12.5 Å². The predicted octanol–water partition coefficient (Wildman–Crippen LogP) is 1.71. The first-order chi connectivity index (χ1) is 10.3. The minimum Gasteiger partial charge on any atom is -0.481 e. The van der Waals surface area contributed by atoms with Crippen molar-refractivity contribution in [3.8, 4) is 17.6 Å². The summed E-state index contributed by atoms with van der Waals surface area (Å²) in [6, 6.07) is 6.55. The molecule has 0 radical (unpaired) electrons. The number of halogens is 3. The fourth-order valence-corrected chi connectivity index (χ4v) is 1.32. The molecule has 0 bridgehead atoms. The largest absolute Gasteiger partial charge is 0.481 e. The minimum absolute atomic E-state index is 0.0641. The van der Waals surface area contributed by atoms with Crippen LogP contribution in [0, 0.1) is 11.8 Å². The van der Waals surface area contributed by atoms with Crippen LogP contribution in [0.2, 0.25) is 0 Å². The van der Waals surface area contributed by atoms with Crippen LogP contribution in [0.1, 0.15) is 6.92 Å². The second-order valence-corrected chi connectivity index (χ2v) is 4.03. The van der Waals surface area contributed by atoms with Gasteiger partial charge in [-0.15, -0.1) is 0 Å². The number of rotatable bonds is 4. The predicted molar refractivity (Wildman–Crippen MR) is 73.1 cm³/mol. The number of anilines is 1. The molecular formula is C14H13F3N2O3. The number of carbonyl (C=O) groups excluding carboxylic acids is 2. The summed E-state index contributed by atoms with van der Waals surface area (Å²) < 4.78 is 40.8. The summed E-state index contributed by atoms with van der Waals surface area (Å²) in [6.07, 6.45) is -4.91. The number of amides is 2. The first-order valence-corrected chi connectivity index (χ1v) is 6.10. The number of ether oxygens (including phenoxy) is 1. The third-order valence-corrected chi connectivity index (χ3v) is 2.19. The lowest BCUT2D eigenvalue weighted by Crippen LogP contribution is -2.36. The second kappa shape index (κ2) is 7.93. The van der Waals surface area contributed by atoms with Gasteiger partial charge in [0.2, 0.25) is 5.91 Å². The van der Waals surface area contributed by atoms with Crippen LogP contribution < -0.4 is 15.4 Å². The lowest BCUT2D eigenvalue weighted by atomic mass is 10.3. The smallest absolute Gasteiger partial charge is 0.471 e. The summed E-state index contributed by atoms with van der Waals surface area (Å²) in [5, 5.41) is 4.18. The molecule has 0 aromatic heterocycles. The molecule has 118 valence electrons. The number of nitrogens with one attached hydrogen (secondary N) is 2. The average molecular weight is 314 g/mol. The lowest BCUT2D eigenvalue weighted by Gasteiger charge is -2.05. The summed E-state index contributed by atoms with van der Waals surface area (Å²) in [5.74, 6) is 2.97. The Morgan fingerprint density at radius 2 is 2.00 bits per heavy atom. The third kappa shape index (κ3) is 6.65. The fraction of sp³-hybridized carbons (Fsp3) is 0.286. The molecule has 0 aliphatic rings. The molecule has 2 amide bonds. The monoisotopic (exact) mass is 314 g/mol.